The van der Waals surface area contributed by atoms with Gasteiger partial charge in [0.15, 0.2) is 0 Å². The number of hydrogen-bond acceptors (Lipinski definition) is 1. The maximum Gasteiger partial charge on any atom is 0.135 e. The van der Waals surface area contributed by atoms with E-state index in [-0.39, 0.29) is 0 Å². The summed E-state index contributed by atoms with van der Waals surface area (Å²) < 4.78 is 0. The first-order chi connectivity index (χ1) is 5.90. The highest BCUT2D eigenvalue weighted by Crippen LogP contribution is 2.38. The lowest BCUT2D eigenvalue weighted by Crippen LogP contribution is -2.16. The number of hydrogen-bond donors (Lipinski definition) is 0. The van der Waals surface area contributed by atoms with Crippen LogP contribution in [0.1, 0.15) is 53.4 Å². The molecular weight excluding hydrogens is 160 g/mol. The van der Waals surface area contributed by atoms with Gasteiger partial charge in [-0.05, 0) is 30.6 Å². The molecule has 0 aromatic heterocycles. The summed E-state index contributed by atoms with van der Waals surface area (Å²) in [5, 5.41) is 0. The van der Waals surface area contributed by atoms with Crippen molar-refractivity contribution in [3.8, 4) is 0 Å². The van der Waals surface area contributed by atoms with Crippen LogP contribution in [0.5, 0.6) is 0 Å². The second-order valence-corrected chi connectivity index (χ2v) is 5.65. The van der Waals surface area contributed by atoms with E-state index in [1.807, 2.05) is 0 Å². The van der Waals surface area contributed by atoms with E-state index in [0.717, 1.165) is 18.8 Å². The molecule has 1 aliphatic carbocycles. The Kier molecular flexibility index (Phi) is 3.15. The SMILES string of the molecule is CC(C(=O)CCC(C)(C)C)C1CC1. The van der Waals surface area contributed by atoms with E-state index in [2.05, 4.69) is 27.7 Å². The molecule has 0 bridgehead atoms. The van der Waals surface area contributed by atoms with Gasteiger partial charge in [-0.2, -0.15) is 0 Å². The van der Waals surface area contributed by atoms with Crippen LogP contribution < -0.4 is 0 Å². The molecule has 1 unspecified atom stereocenters. The molecule has 1 atom stereocenters. The highest BCUT2D eigenvalue weighted by molar-refractivity contribution is 5.81. The van der Waals surface area contributed by atoms with Gasteiger partial charge in [-0.3, -0.25) is 4.79 Å². The third kappa shape index (κ3) is 3.93. The summed E-state index contributed by atoms with van der Waals surface area (Å²) in [5.41, 5.74) is 0.304. The van der Waals surface area contributed by atoms with Crippen LogP contribution in [0.4, 0.5) is 0 Å². The maximum atomic E-state index is 11.7. The van der Waals surface area contributed by atoms with Gasteiger partial charge in [-0.25, -0.2) is 0 Å². The summed E-state index contributed by atoms with van der Waals surface area (Å²) in [4.78, 5) is 11.7. The van der Waals surface area contributed by atoms with Gasteiger partial charge in [0.2, 0.25) is 0 Å². The molecule has 0 heterocycles. The lowest BCUT2D eigenvalue weighted by molar-refractivity contribution is -0.123. The summed E-state index contributed by atoms with van der Waals surface area (Å²) in [6.45, 7) is 8.69. The molecule has 1 aliphatic rings. The fraction of sp³-hybridized carbons (Fsp3) is 0.917. The quantitative estimate of drug-likeness (QED) is 0.651. The second-order valence-electron chi connectivity index (χ2n) is 5.65. The predicted octanol–water partition coefficient (Wildman–Crippen LogP) is 3.43. The monoisotopic (exact) mass is 182 g/mol. The summed E-state index contributed by atoms with van der Waals surface area (Å²) in [7, 11) is 0. The van der Waals surface area contributed by atoms with Crippen LogP contribution in [0.25, 0.3) is 0 Å². The Labute approximate surface area is 81.9 Å². The van der Waals surface area contributed by atoms with E-state index in [1.165, 1.54) is 12.8 Å². The molecular formula is C12H22O. The molecule has 13 heavy (non-hydrogen) atoms. The van der Waals surface area contributed by atoms with Crippen LogP contribution in [-0.4, -0.2) is 5.78 Å². The standard InChI is InChI=1S/C12H22O/c1-9(10-5-6-10)11(13)7-8-12(2,3)4/h9-10H,5-8H2,1-4H3. The molecule has 0 radical (unpaired) electrons. The Balaban J connectivity index is 2.24. The zero-order chi connectivity index (χ0) is 10.1. The summed E-state index contributed by atoms with van der Waals surface area (Å²) in [5.74, 6) is 1.55. The largest absolute Gasteiger partial charge is 0.299 e. The van der Waals surface area contributed by atoms with E-state index in [4.69, 9.17) is 0 Å². The van der Waals surface area contributed by atoms with Gasteiger partial charge in [0, 0.05) is 12.3 Å². The topological polar surface area (TPSA) is 17.1 Å². The van der Waals surface area contributed by atoms with E-state index in [1.54, 1.807) is 0 Å². The first-order valence-electron chi connectivity index (χ1n) is 5.43. The van der Waals surface area contributed by atoms with Crippen molar-refractivity contribution in [2.75, 3.05) is 0 Å². The van der Waals surface area contributed by atoms with Crippen molar-refractivity contribution in [1.29, 1.82) is 0 Å². The van der Waals surface area contributed by atoms with E-state index >= 15 is 0 Å². The number of carbonyl (C=O) groups is 1. The average molecular weight is 182 g/mol. The zero-order valence-corrected chi connectivity index (χ0v) is 9.39. The van der Waals surface area contributed by atoms with Gasteiger partial charge in [-0.1, -0.05) is 27.7 Å². The molecule has 1 rings (SSSR count). The van der Waals surface area contributed by atoms with Crippen molar-refractivity contribution in [3.05, 3.63) is 0 Å². The van der Waals surface area contributed by atoms with Crippen molar-refractivity contribution in [1.82, 2.24) is 0 Å². The summed E-state index contributed by atoms with van der Waals surface area (Å²) >= 11 is 0. The van der Waals surface area contributed by atoms with Crippen molar-refractivity contribution >= 4 is 5.78 Å². The molecule has 1 fully saturated rings. The minimum atomic E-state index is 0.304. The summed E-state index contributed by atoms with van der Waals surface area (Å²) in [6.07, 6.45) is 4.37. The Morgan fingerprint density at radius 2 is 1.92 bits per heavy atom. The molecule has 0 aromatic rings. The second kappa shape index (κ2) is 3.81. The van der Waals surface area contributed by atoms with Gasteiger partial charge < -0.3 is 0 Å². The van der Waals surface area contributed by atoms with Crippen LogP contribution in [0.3, 0.4) is 0 Å². The molecule has 76 valence electrons. The third-order valence-electron chi connectivity index (χ3n) is 2.96. The Morgan fingerprint density at radius 1 is 1.38 bits per heavy atom. The lowest BCUT2D eigenvalue weighted by atomic mass is 9.86. The van der Waals surface area contributed by atoms with Crippen molar-refractivity contribution in [2.24, 2.45) is 17.3 Å². The first-order valence-corrected chi connectivity index (χ1v) is 5.43. The van der Waals surface area contributed by atoms with Gasteiger partial charge in [-0.15, -0.1) is 0 Å². The Bertz CT molecular complexity index is 184. The van der Waals surface area contributed by atoms with E-state index in [0.29, 0.717) is 17.1 Å². The molecule has 0 N–H and O–H groups in total. The van der Waals surface area contributed by atoms with Crippen LogP contribution in [-0.2, 0) is 4.79 Å². The van der Waals surface area contributed by atoms with Crippen molar-refractivity contribution < 1.29 is 4.79 Å². The normalized spacial score (nSPS) is 20.0. The molecule has 0 aromatic carbocycles. The summed E-state index contributed by atoms with van der Waals surface area (Å²) in [6, 6.07) is 0. The maximum absolute atomic E-state index is 11.7. The molecule has 0 spiro atoms. The highest BCUT2D eigenvalue weighted by Gasteiger charge is 2.32. The average Bonchev–Trinajstić information content (AvgIpc) is 2.79. The van der Waals surface area contributed by atoms with E-state index < -0.39 is 0 Å². The fourth-order valence-corrected chi connectivity index (χ4v) is 1.58. The highest BCUT2D eigenvalue weighted by atomic mass is 16.1. The molecule has 0 saturated heterocycles. The van der Waals surface area contributed by atoms with Gasteiger partial charge in [0.25, 0.3) is 0 Å². The lowest BCUT2D eigenvalue weighted by Gasteiger charge is -2.18. The zero-order valence-electron chi connectivity index (χ0n) is 9.39. The van der Waals surface area contributed by atoms with Gasteiger partial charge in [0.05, 0.1) is 0 Å². The minimum absolute atomic E-state index is 0.304. The molecule has 1 heteroatoms. The van der Waals surface area contributed by atoms with Gasteiger partial charge >= 0.3 is 0 Å². The van der Waals surface area contributed by atoms with Crippen molar-refractivity contribution in [2.45, 2.75) is 53.4 Å². The van der Waals surface area contributed by atoms with Crippen LogP contribution >= 0.6 is 0 Å². The number of rotatable bonds is 4. The number of carbonyl (C=O) groups excluding carboxylic acids is 1. The third-order valence-corrected chi connectivity index (χ3v) is 2.96. The molecule has 1 nitrogen and oxygen atoms in total. The minimum Gasteiger partial charge on any atom is -0.299 e. The fourth-order valence-electron chi connectivity index (χ4n) is 1.58. The van der Waals surface area contributed by atoms with Gasteiger partial charge in [0.1, 0.15) is 5.78 Å². The van der Waals surface area contributed by atoms with Crippen molar-refractivity contribution in [3.63, 3.8) is 0 Å². The first kappa shape index (κ1) is 10.7. The van der Waals surface area contributed by atoms with Crippen LogP contribution in [0.2, 0.25) is 0 Å². The Morgan fingerprint density at radius 3 is 2.31 bits per heavy atom. The molecule has 0 amide bonds. The number of Topliss-reactive ketones (excluding diaryl/α,β-unsaturated/α-hetero) is 1. The molecule has 1 saturated carbocycles. The smallest absolute Gasteiger partial charge is 0.135 e. The Hall–Kier alpha value is -0.330. The van der Waals surface area contributed by atoms with E-state index in [9.17, 15) is 4.79 Å². The predicted molar refractivity (Wildman–Crippen MR) is 55.6 cm³/mol. The number of ketones is 1. The van der Waals surface area contributed by atoms with Crippen LogP contribution in [0.15, 0.2) is 0 Å². The van der Waals surface area contributed by atoms with Crippen LogP contribution in [0, 0.1) is 17.3 Å². The molecule has 0 aliphatic heterocycles.